The summed E-state index contributed by atoms with van der Waals surface area (Å²) < 4.78 is 0. The van der Waals surface area contributed by atoms with Gasteiger partial charge in [-0.2, -0.15) is 0 Å². The van der Waals surface area contributed by atoms with E-state index in [0.29, 0.717) is 11.5 Å². The SMILES string of the molecule is CCC(CC)(CNC(C)C)c1cccs1. The third kappa shape index (κ3) is 3.05. The summed E-state index contributed by atoms with van der Waals surface area (Å²) in [6.07, 6.45) is 2.42. The van der Waals surface area contributed by atoms with E-state index in [2.05, 4.69) is 50.5 Å². The number of hydrogen-bond donors (Lipinski definition) is 1. The van der Waals surface area contributed by atoms with Gasteiger partial charge in [0.25, 0.3) is 0 Å². The molecule has 0 aliphatic rings. The van der Waals surface area contributed by atoms with Crippen LogP contribution in [0.2, 0.25) is 0 Å². The van der Waals surface area contributed by atoms with Crippen molar-refractivity contribution in [3.63, 3.8) is 0 Å². The molecule has 0 aliphatic carbocycles. The van der Waals surface area contributed by atoms with Gasteiger partial charge in [-0.25, -0.2) is 0 Å². The summed E-state index contributed by atoms with van der Waals surface area (Å²) in [7, 11) is 0. The Bertz CT molecular complexity index is 260. The number of thiophene rings is 1. The molecule has 1 aromatic heterocycles. The zero-order valence-electron chi connectivity index (χ0n) is 10.3. The van der Waals surface area contributed by atoms with Crippen molar-refractivity contribution in [3.05, 3.63) is 22.4 Å². The van der Waals surface area contributed by atoms with E-state index in [-0.39, 0.29) is 0 Å². The molecular formula is C13H23NS. The second kappa shape index (κ2) is 5.66. The van der Waals surface area contributed by atoms with Crippen LogP contribution in [0.15, 0.2) is 17.5 Å². The van der Waals surface area contributed by atoms with Crippen molar-refractivity contribution < 1.29 is 0 Å². The Hall–Kier alpha value is -0.340. The minimum absolute atomic E-state index is 0.346. The fourth-order valence-electron chi connectivity index (χ4n) is 1.92. The van der Waals surface area contributed by atoms with Gasteiger partial charge in [0.1, 0.15) is 0 Å². The van der Waals surface area contributed by atoms with Crippen molar-refractivity contribution in [2.24, 2.45) is 0 Å². The van der Waals surface area contributed by atoms with Crippen molar-refractivity contribution in [2.45, 2.75) is 52.0 Å². The van der Waals surface area contributed by atoms with Gasteiger partial charge in [0.2, 0.25) is 0 Å². The molecule has 0 radical (unpaired) electrons. The zero-order chi connectivity index (χ0) is 11.3. The first-order valence-corrected chi connectivity index (χ1v) is 6.80. The molecule has 0 atom stereocenters. The third-order valence-corrected chi connectivity index (χ3v) is 4.36. The lowest BCUT2D eigenvalue weighted by Crippen LogP contribution is -2.39. The second-order valence-corrected chi connectivity index (χ2v) is 5.45. The first-order chi connectivity index (χ1) is 7.14. The molecule has 0 saturated heterocycles. The summed E-state index contributed by atoms with van der Waals surface area (Å²) in [5.74, 6) is 0. The molecule has 0 fully saturated rings. The standard InChI is InChI=1S/C13H23NS/c1-5-13(6-2,10-14-11(3)4)12-8-7-9-15-12/h7-9,11,14H,5-6,10H2,1-4H3. The van der Waals surface area contributed by atoms with Crippen LogP contribution in [0.5, 0.6) is 0 Å². The lowest BCUT2D eigenvalue weighted by Gasteiger charge is -2.32. The van der Waals surface area contributed by atoms with Gasteiger partial charge in [-0.1, -0.05) is 33.8 Å². The maximum Gasteiger partial charge on any atom is 0.0166 e. The first-order valence-electron chi connectivity index (χ1n) is 5.92. The Morgan fingerprint density at radius 3 is 2.40 bits per heavy atom. The molecule has 0 amide bonds. The molecule has 1 N–H and O–H groups in total. The van der Waals surface area contributed by atoms with Crippen LogP contribution >= 0.6 is 11.3 Å². The molecule has 0 bridgehead atoms. The van der Waals surface area contributed by atoms with Gasteiger partial charge in [-0.15, -0.1) is 11.3 Å². The van der Waals surface area contributed by atoms with Crippen LogP contribution in [0.1, 0.15) is 45.4 Å². The molecule has 0 spiro atoms. The summed E-state index contributed by atoms with van der Waals surface area (Å²) >= 11 is 1.89. The molecule has 1 nitrogen and oxygen atoms in total. The van der Waals surface area contributed by atoms with E-state index >= 15 is 0 Å². The highest BCUT2D eigenvalue weighted by atomic mass is 32.1. The third-order valence-electron chi connectivity index (χ3n) is 3.25. The highest BCUT2D eigenvalue weighted by molar-refractivity contribution is 7.10. The Morgan fingerprint density at radius 1 is 1.33 bits per heavy atom. The van der Waals surface area contributed by atoms with E-state index in [4.69, 9.17) is 0 Å². The number of hydrogen-bond acceptors (Lipinski definition) is 2. The van der Waals surface area contributed by atoms with E-state index in [1.54, 1.807) is 0 Å². The van der Waals surface area contributed by atoms with E-state index in [1.807, 2.05) is 11.3 Å². The number of rotatable bonds is 6. The molecule has 1 rings (SSSR count). The van der Waals surface area contributed by atoms with Gasteiger partial charge >= 0.3 is 0 Å². The van der Waals surface area contributed by atoms with Crippen molar-refractivity contribution in [2.75, 3.05) is 6.54 Å². The molecule has 0 saturated carbocycles. The summed E-state index contributed by atoms with van der Waals surface area (Å²) in [5, 5.41) is 5.77. The van der Waals surface area contributed by atoms with Gasteiger partial charge in [0.05, 0.1) is 0 Å². The maximum atomic E-state index is 3.58. The van der Waals surface area contributed by atoms with Gasteiger partial charge in [-0.05, 0) is 24.3 Å². The largest absolute Gasteiger partial charge is 0.314 e. The van der Waals surface area contributed by atoms with Gasteiger partial charge in [0, 0.05) is 22.9 Å². The molecular weight excluding hydrogens is 202 g/mol. The van der Waals surface area contributed by atoms with Crippen LogP contribution in [-0.2, 0) is 5.41 Å². The molecule has 86 valence electrons. The second-order valence-electron chi connectivity index (χ2n) is 4.50. The van der Waals surface area contributed by atoms with Crippen molar-refractivity contribution in [1.82, 2.24) is 5.32 Å². The topological polar surface area (TPSA) is 12.0 Å². The highest BCUT2D eigenvalue weighted by Crippen LogP contribution is 2.34. The van der Waals surface area contributed by atoms with E-state index in [0.717, 1.165) is 6.54 Å². The van der Waals surface area contributed by atoms with Crippen molar-refractivity contribution >= 4 is 11.3 Å². The van der Waals surface area contributed by atoms with Gasteiger partial charge < -0.3 is 5.32 Å². The average molecular weight is 225 g/mol. The average Bonchev–Trinajstić information content (AvgIpc) is 2.74. The predicted octanol–water partition coefficient (Wildman–Crippen LogP) is 3.80. The summed E-state index contributed by atoms with van der Waals surface area (Å²) in [6, 6.07) is 5.01. The predicted molar refractivity (Wildman–Crippen MR) is 69.7 cm³/mol. The summed E-state index contributed by atoms with van der Waals surface area (Å²) in [4.78, 5) is 1.53. The molecule has 15 heavy (non-hydrogen) atoms. The Kier molecular flexibility index (Phi) is 4.81. The van der Waals surface area contributed by atoms with Crippen LogP contribution in [0.25, 0.3) is 0 Å². The van der Waals surface area contributed by atoms with E-state index < -0.39 is 0 Å². The van der Waals surface area contributed by atoms with Crippen LogP contribution in [0.3, 0.4) is 0 Å². The van der Waals surface area contributed by atoms with Crippen LogP contribution in [0, 0.1) is 0 Å². The lowest BCUT2D eigenvalue weighted by atomic mass is 9.80. The number of nitrogens with one attached hydrogen (secondary N) is 1. The van der Waals surface area contributed by atoms with Crippen molar-refractivity contribution in [1.29, 1.82) is 0 Å². The monoisotopic (exact) mass is 225 g/mol. The lowest BCUT2D eigenvalue weighted by molar-refractivity contribution is 0.361. The van der Waals surface area contributed by atoms with E-state index in [9.17, 15) is 0 Å². The summed E-state index contributed by atoms with van der Waals surface area (Å²) in [5.41, 5.74) is 0.346. The molecule has 1 aromatic rings. The molecule has 2 heteroatoms. The van der Waals surface area contributed by atoms with Crippen LogP contribution in [-0.4, -0.2) is 12.6 Å². The fourth-order valence-corrected chi connectivity index (χ4v) is 2.99. The smallest absolute Gasteiger partial charge is 0.0166 e. The zero-order valence-corrected chi connectivity index (χ0v) is 11.2. The van der Waals surface area contributed by atoms with Gasteiger partial charge in [-0.3, -0.25) is 0 Å². The van der Waals surface area contributed by atoms with Crippen molar-refractivity contribution in [3.8, 4) is 0 Å². The van der Waals surface area contributed by atoms with Crippen LogP contribution in [0.4, 0.5) is 0 Å². The summed E-state index contributed by atoms with van der Waals surface area (Å²) in [6.45, 7) is 10.1. The Balaban J connectivity index is 2.78. The Morgan fingerprint density at radius 2 is 2.00 bits per heavy atom. The minimum atomic E-state index is 0.346. The fraction of sp³-hybridized carbons (Fsp3) is 0.692. The van der Waals surface area contributed by atoms with Gasteiger partial charge in [0.15, 0.2) is 0 Å². The first kappa shape index (κ1) is 12.7. The molecule has 0 unspecified atom stereocenters. The normalized spacial score (nSPS) is 12.3. The van der Waals surface area contributed by atoms with E-state index in [1.165, 1.54) is 17.7 Å². The maximum absolute atomic E-state index is 3.58. The molecule has 0 aromatic carbocycles. The molecule has 0 aliphatic heterocycles. The highest BCUT2D eigenvalue weighted by Gasteiger charge is 2.29. The van der Waals surface area contributed by atoms with Crippen LogP contribution < -0.4 is 5.32 Å². The molecule has 1 heterocycles. The quantitative estimate of drug-likeness (QED) is 0.776. The minimum Gasteiger partial charge on any atom is -0.314 e. The Labute approximate surface area is 97.9 Å².